The zero-order valence-electron chi connectivity index (χ0n) is 13.4. The molecule has 0 aliphatic heterocycles. The average Bonchev–Trinajstić information content (AvgIpc) is 2.33. The van der Waals surface area contributed by atoms with Crippen LogP contribution in [0, 0.1) is 5.92 Å². The highest BCUT2D eigenvalue weighted by molar-refractivity contribution is 5.65. The second-order valence-corrected chi connectivity index (χ2v) is 5.96. The van der Waals surface area contributed by atoms with Gasteiger partial charge in [-0.15, -0.1) is 13.2 Å². The molecule has 0 fully saturated rings. The number of hydrogen-bond donors (Lipinski definition) is 3. The van der Waals surface area contributed by atoms with Crippen LogP contribution in [0.5, 0.6) is 0 Å². The Bertz CT molecular complexity index is 342. The van der Waals surface area contributed by atoms with E-state index in [4.69, 9.17) is 9.84 Å². The van der Waals surface area contributed by atoms with Gasteiger partial charge in [0.15, 0.2) is 0 Å². The highest BCUT2D eigenvalue weighted by Gasteiger charge is 2.38. The summed E-state index contributed by atoms with van der Waals surface area (Å²) in [5.74, 6) is -0.227. The maximum atomic E-state index is 10.9. The maximum Gasteiger partial charge on any atom is 0.405 e. The summed E-state index contributed by atoms with van der Waals surface area (Å²) in [5.41, 5.74) is -1.69. The Hall–Kier alpha value is -1.33. The van der Waals surface area contributed by atoms with E-state index in [9.17, 15) is 9.90 Å². The van der Waals surface area contributed by atoms with Gasteiger partial charge in [0, 0.05) is 18.1 Å². The van der Waals surface area contributed by atoms with Gasteiger partial charge in [0.25, 0.3) is 0 Å². The minimum absolute atomic E-state index is 0.227. The third-order valence-electron chi connectivity index (χ3n) is 3.48. The first kappa shape index (κ1) is 19.7. The summed E-state index contributed by atoms with van der Waals surface area (Å²) in [6.45, 7) is 13.8. The number of nitrogens with one attached hydrogen (secondary N) is 1. The molecular formula is C16H29NO4. The van der Waals surface area contributed by atoms with Crippen molar-refractivity contribution in [3.63, 3.8) is 0 Å². The number of aliphatic hydroxyl groups is 1. The van der Waals surface area contributed by atoms with E-state index in [1.165, 1.54) is 0 Å². The molecule has 0 aromatic rings. The van der Waals surface area contributed by atoms with Crippen LogP contribution in [0.2, 0.25) is 0 Å². The van der Waals surface area contributed by atoms with Crippen LogP contribution in [0.4, 0.5) is 4.79 Å². The Labute approximate surface area is 127 Å². The van der Waals surface area contributed by atoms with E-state index < -0.39 is 17.2 Å². The second kappa shape index (κ2) is 8.85. The molecule has 0 aliphatic carbocycles. The molecule has 0 aromatic carbocycles. The maximum absolute atomic E-state index is 10.9. The van der Waals surface area contributed by atoms with Crippen LogP contribution in [-0.4, -0.2) is 40.7 Å². The topological polar surface area (TPSA) is 78.8 Å². The molecule has 122 valence electrons. The van der Waals surface area contributed by atoms with Crippen molar-refractivity contribution in [2.45, 2.75) is 51.2 Å². The van der Waals surface area contributed by atoms with Crippen LogP contribution in [0.1, 0.15) is 40.0 Å². The molecule has 0 aliphatic rings. The van der Waals surface area contributed by atoms with Gasteiger partial charge in [-0.3, -0.25) is 0 Å². The summed E-state index contributed by atoms with van der Waals surface area (Å²) < 4.78 is 5.48. The number of amides is 1. The summed E-state index contributed by atoms with van der Waals surface area (Å²) in [6, 6.07) is 0. The van der Waals surface area contributed by atoms with E-state index in [-0.39, 0.29) is 5.92 Å². The van der Waals surface area contributed by atoms with Gasteiger partial charge >= 0.3 is 6.09 Å². The summed E-state index contributed by atoms with van der Waals surface area (Å²) in [5, 5.41) is 22.3. The fourth-order valence-corrected chi connectivity index (χ4v) is 2.54. The normalized spacial score (nSPS) is 13.5. The Morgan fingerprint density at radius 1 is 1.33 bits per heavy atom. The molecule has 1 atom stereocenters. The number of ether oxygens (including phenoxy) is 1. The van der Waals surface area contributed by atoms with Gasteiger partial charge in [0.1, 0.15) is 0 Å². The molecule has 0 radical (unpaired) electrons. The average molecular weight is 299 g/mol. The van der Waals surface area contributed by atoms with E-state index in [0.29, 0.717) is 32.5 Å². The summed E-state index contributed by atoms with van der Waals surface area (Å²) >= 11 is 0. The minimum atomic E-state index is -1.08. The van der Waals surface area contributed by atoms with Crippen molar-refractivity contribution < 1.29 is 19.7 Å². The lowest BCUT2D eigenvalue weighted by Gasteiger charge is -2.39. The monoisotopic (exact) mass is 299 g/mol. The Morgan fingerprint density at radius 2 is 1.86 bits per heavy atom. The highest BCUT2D eigenvalue weighted by atomic mass is 16.5. The molecule has 0 heterocycles. The number of rotatable bonds is 11. The lowest BCUT2D eigenvalue weighted by Crippen LogP contribution is -2.49. The molecule has 0 saturated carbocycles. The van der Waals surface area contributed by atoms with Crippen molar-refractivity contribution in [2.75, 3.05) is 13.2 Å². The molecule has 0 unspecified atom stereocenters. The van der Waals surface area contributed by atoms with Crippen LogP contribution < -0.4 is 5.32 Å². The smallest absolute Gasteiger partial charge is 0.405 e. The minimum Gasteiger partial charge on any atom is -0.465 e. The van der Waals surface area contributed by atoms with E-state index >= 15 is 0 Å². The van der Waals surface area contributed by atoms with E-state index in [1.807, 2.05) is 6.92 Å². The van der Waals surface area contributed by atoms with Crippen molar-refractivity contribution in [3.05, 3.63) is 25.3 Å². The number of carbonyl (C=O) groups is 1. The van der Waals surface area contributed by atoms with Crippen molar-refractivity contribution in [3.8, 4) is 0 Å². The molecule has 0 saturated heterocycles. The van der Waals surface area contributed by atoms with Gasteiger partial charge in [0.05, 0.1) is 12.2 Å². The van der Waals surface area contributed by atoms with Gasteiger partial charge in [-0.1, -0.05) is 12.2 Å². The van der Waals surface area contributed by atoms with E-state index in [0.717, 1.165) is 0 Å². The van der Waals surface area contributed by atoms with Gasteiger partial charge < -0.3 is 20.3 Å². The van der Waals surface area contributed by atoms with E-state index in [1.54, 1.807) is 26.0 Å². The lowest BCUT2D eigenvalue weighted by atomic mass is 9.76. The van der Waals surface area contributed by atoms with Crippen molar-refractivity contribution >= 4 is 6.09 Å². The molecule has 0 spiro atoms. The lowest BCUT2D eigenvalue weighted by molar-refractivity contribution is -0.0603. The summed E-state index contributed by atoms with van der Waals surface area (Å²) in [7, 11) is 0. The van der Waals surface area contributed by atoms with Crippen LogP contribution in [0.3, 0.4) is 0 Å². The number of hydrogen-bond acceptors (Lipinski definition) is 3. The standard InChI is InChI=1S/C16H29NO4/c1-6-9-16(20,10-7-2)13(12-21-8-3)11-15(4,5)17-14(18)19/h6-7,13,17,20H,1-2,8-12H2,3-5H3,(H,18,19)/t13-/m1/s1. The molecule has 0 bridgehead atoms. The van der Waals surface area contributed by atoms with Crippen LogP contribution in [-0.2, 0) is 4.74 Å². The Balaban J connectivity index is 5.18. The molecule has 0 rings (SSSR count). The van der Waals surface area contributed by atoms with Gasteiger partial charge in [-0.25, -0.2) is 4.79 Å². The second-order valence-electron chi connectivity index (χ2n) is 5.96. The fourth-order valence-electron chi connectivity index (χ4n) is 2.54. The predicted molar refractivity (Wildman–Crippen MR) is 84.4 cm³/mol. The first-order chi connectivity index (χ1) is 9.70. The van der Waals surface area contributed by atoms with Gasteiger partial charge in [-0.05, 0) is 40.0 Å². The third-order valence-corrected chi connectivity index (χ3v) is 3.48. The van der Waals surface area contributed by atoms with Gasteiger partial charge in [-0.2, -0.15) is 0 Å². The zero-order chi connectivity index (χ0) is 16.5. The molecule has 21 heavy (non-hydrogen) atoms. The zero-order valence-corrected chi connectivity index (χ0v) is 13.4. The fraction of sp³-hybridized carbons (Fsp3) is 0.688. The molecule has 3 N–H and O–H groups in total. The summed E-state index contributed by atoms with van der Waals surface area (Å²) in [4.78, 5) is 10.9. The number of carboxylic acid groups (broad SMARTS) is 1. The highest BCUT2D eigenvalue weighted by Crippen LogP contribution is 2.33. The van der Waals surface area contributed by atoms with Crippen LogP contribution in [0.15, 0.2) is 25.3 Å². The largest absolute Gasteiger partial charge is 0.465 e. The van der Waals surface area contributed by atoms with Gasteiger partial charge in [0.2, 0.25) is 0 Å². The van der Waals surface area contributed by atoms with Crippen molar-refractivity contribution in [1.29, 1.82) is 0 Å². The third kappa shape index (κ3) is 7.29. The molecule has 0 aromatic heterocycles. The Morgan fingerprint density at radius 3 is 2.24 bits per heavy atom. The quantitative estimate of drug-likeness (QED) is 0.512. The molecule has 5 heteroatoms. The van der Waals surface area contributed by atoms with Crippen LogP contribution >= 0.6 is 0 Å². The molecule has 5 nitrogen and oxygen atoms in total. The first-order valence-corrected chi connectivity index (χ1v) is 7.23. The SMILES string of the molecule is C=CCC(O)(CC=C)[C@@H](COCC)CC(C)(C)NC(=O)O. The molecule has 1 amide bonds. The van der Waals surface area contributed by atoms with Crippen LogP contribution in [0.25, 0.3) is 0 Å². The van der Waals surface area contributed by atoms with E-state index in [2.05, 4.69) is 18.5 Å². The Kier molecular flexibility index (Phi) is 8.29. The van der Waals surface area contributed by atoms with Crippen molar-refractivity contribution in [1.82, 2.24) is 5.32 Å². The van der Waals surface area contributed by atoms with Crippen molar-refractivity contribution in [2.24, 2.45) is 5.92 Å². The molecular weight excluding hydrogens is 270 g/mol. The summed E-state index contributed by atoms with van der Waals surface area (Å²) in [6.07, 6.45) is 3.52. The first-order valence-electron chi connectivity index (χ1n) is 7.23. The predicted octanol–water partition coefficient (Wildman–Crippen LogP) is 2.96.